The maximum absolute atomic E-state index is 12.0. The van der Waals surface area contributed by atoms with Gasteiger partial charge in [-0.3, -0.25) is 14.3 Å². The van der Waals surface area contributed by atoms with E-state index in [-0.39, 0.29) is 5.91 Å². The van der Waals surface area contributed by atoms with Crippen LogP contribution in [0, 0.1) is 11.3 Å². The number of hydrogen-bond acceptors (Lipinski definition) is 6. The molecule has 3 aromatic heterocycles. The van der Waals surface area contributed by atoms with Crippen molar-refractivity contribution >= 4 is 30.5 Å². The Bertz CT molecular complexity index is 1540. The summed E-state index contributed by atoms with van der Waals surface area (Å²) in [6.45, 7) is 3.08. The summed E-state index contributed by atoms with van der Waals surface area (Å²) < 4.78 is 17.4. The molecule has 0 saturated heterocycles. The number of benzene rings is 1. The summed E-state index contributed by atoms with van der Waals surface area (Å²) in [6.07, 6.45) is 7.68. The highest BCUT2D eigenvalue weighted by molar-refractivity contribution is 7.46. The first-order chi connectivity index (χ1) is 16.7. The van der Waals surface area contributed by atoms with E-state index in [1.807, 2.05) is 12.1 Å². The Kier molecular flexibility index (Phi) is 6.60. The number of carbonyl (C=O) groups is 1. The third-order valence-corrected chi connectivity index (χ3v) is 5.78. The molecule has 10 nitrogen and oxygen atoms in total. The number of pyridine rings is 2. The number of likely N-dealkylation sites (N-methyl/N-ethyl adjacent to an activating group) is 1. The smallest absolute Gasteiger partial charge is 0.310 e. The van der Waals surface area contributed by atoms with E-state index < -0.39 is 14.6 Å². The van der Waals surface area contributed by atoms with Gasteiger partial charge in [0.05, 0.1) is 23.5 Å². The van der Waals surface area contributed by atoms with Crippen LogP contribution in [0.4, 0.5) is 5.69 Å². The van der Waals surface area contributed by atoms with Crippen molar-refractivity contribution in [2.45, 2.75) is 6.73 Å². The minimum Gasteiger partial charge on any atom is -0.310 e. The molecule has 4 aromatic rings. The second-order valence-corrected chi connectivity index (χ2v) is 8.82. The summed E-state index contributed by atoms with van der Waals surface area (Å²) in [5.74, 6) is -0.278. The first-order valence-corrected chi connectivity index (χ1v) is 11.8. The number of carbonyl (C=O) groups excluding carboxylic acids is 1. The number of rotatable bonds is 7. The molecule has 0 radical (unpaired) electrons. The molecule has 0 aliphatic rings. The molecule has 3 heterocycles. The standard InChI is InChI=1S/C24H20N5O5P/c1-3-23(30)28(2)20-8-18(11-26-13-20)19-9-21-22(17-6-4-5-16(7-17)10-25)14-29(24(21)27-12-19)15-34-35(31,32)33/h3-9,11-14H,1,15H2,2H3,(H2,31,32,33). The van der Waals surface area contributed by atoms with E-state index >= 15 is 0 Å². The molecule has 2 N–H and O–H groups in total. The van der Waals surface area contributed by atoms with Gasteiger partial charge in [-0.15, -0.1) is 0 Å². The average molecular weight is 489 g/mol. The van der Waals surface area contributed by atoms with Crippen molar-refractivity contribution < 1.29 is 23.7 Å². The van der Waals surface area contributed by atoms with Crippen molar-refractivity contribution in [1.29, 1.82) is 5.26 Å². The lowest BCUT2D eigenvalue weighted by atomic mass is 10.0. The van der Waals surface area contributed by atoms with Gasteiger partial charge in [-0.25, -0.2) is 9.55 Å². The molecule has 0 aliphatic heterocycles. The number of nitrogens with zero attached hydrogens (tertiary/aromatic N) is 5. The van der Waals surface area contributed by atoms with Crippen LogP contribution in [-0.2, 0) is 20.6 Å². The minimum atomic E-state index is -4.71. The molecule has 0 bridgehead atoms. The van der Waals surface area contributed by atoms with E-state index in [1.165, 1.54) is 15.5 Å². The molecule has 11 heteroatoms. The van der Waals surface area contributed by atoms with Crippen molar-refractivity contribution in [1.82, 2.24) is 14.5 Å². The van der Waals surface area contributed by atoms with Crippen molar-refractivity contribution in [3.63, 3.8) is 0 Å². The summed E-state index contributed by atoms with van der Waals surface area (Å²) in [7, 11) is -3.09. The fourth-order valence-corrected chi connectivity index (χ4v) is 3.86. The molecular weight excluding hydrogens is 469 g/mol. The quantitative estimate of drug-likeness (QED) is 0.295. The number of phosphoric ester groups is 1. The van der Waals surface area contributed by atoms with Crippen LogP contribution in [0.15, 0.2) is 73.8 Å². The second kappa shape index (κ2) is 9.62. The van der Waals surface area contributed by atoms with Gasteiger partial charge in [-0.05, 0) is 35.9 Å². The lowest BCUT2D eigenvalue weighted by Crippen LogP contribution is -2.23. The molecule has 0 atom stereocenters. The van der Waals surface area contributed by atoms with Crippen molar-refractivity contribution in [2.24, 2.45) is 0 Å². The maximum atomic E-state index is 12.0. The number of phosphoric acid groups is 1. The van der Waals surface area contributed by atoms with E-state index in [9.17, 15) is 14.6 Å². The molecule has 0 aliphatic carbocycles. The fourth-order valence-electron chi connectivity index (χ4n) is 3.58. The number of nitriles is 1. The van der Waals surface area contributed by atoms with E-state index in [4.69, 9.17) is 9.79 Å². The summed E-state index contributed by atoms with van der Waals surface area (Å²) in [4.78, 5) is 40.5. The average Bonchev–Trinajstić information content (AvgIpc) is 3.24. The highest BCUT2D eigenvalue weighted by Gasteiger charge is 2.18. The molecule has 176 valence electrons. The third kappa shape index (κ3) is 5.19. The van der Waals surface area contributed by atoms with Crippen LogP contribution in [0.3, 0.4) is 0 Å². The Hall–Kier alpha value is -4.13. The monoisotopic (exact) mass is 489 g/mol. The first kappa shape index (κ1) is 24.0. The van der Waals surface area contributed by atoms with E-state index in [2.05, 4.69) is 27.1 Å². The van der Waals surface area contributed by atoms with Crippen LogP contribution in [0.1, 0.15) is 5.56 Å². The number of anilines is 1. The Labute approximate surface area is 200 Å². The Balaban J connectivity index is 1.85. The summed E-state index contributed by atoms with van der Waals surface area (Å²) in [5, 5.41) is 9.98. The highest BCUT2D eigenvalue weighted by Crippen LogP contribution is 2.38. The zero-order valence-electron chi connectivity index (χ0n) is 18.6. The molecule has 1 amide bonds. The third-order valence-electron chi connectivity index (χ3n) is 5.33. The van der Waals surface area contributed by atoms with Crippen LogP contribution < -0.4 is 4.90 Å². The van der Waals surface area contributed by atoms with E-state index in [1.54, 1.807) is 56.1 Å². The predicted octanol–water partition coefficient (Wildman–Crippen LogP) is 3.85. The summed E-state index contributed by atoms with van der Waals surface area (Å²) in [5.41, 5.74) is 4.31. The Morgan fingerprint density at radius 3 is 2.71 bits per heavy atom. The van der Waals surface area contributed by atoms with Gasteiger partial charge in [0.2, 0.25) is 5.91 Å². The topological polar surface area (TPSA) is 142 Å². The molecule has 1 aromatic carbocycles. The zero-order chi connectivity index (χ0) is 25.2. The van der Waals surface area contributed by atoms with Crippen LogP contribution >= 0.6 is 7.82 Å². The molecule has 0 fully saturated rings. The maximum Gasteiger partial charge on any atom is 0.471 e. The number of hydrogen-bond donors (Lipinski definition) is 2. The Morgan fingerprint density at radius 1 is 1.23 bits per heavy atom. The summed E-state index contributed by atoms with van der Waals surface area (Å²) in [6, 6.07) is 12.7. The van der Waals surface area contributed by atoms with Gasteiger partial charge >= 0.3 is 7.82 Å². The van der Waals surface area contributed by atoms with Crippen LogP contribution in [0.25, 0.3) is 33.3 Å². The first-order valence-electron chi connectivity index (χ1n) is 10.2. The molecule has 0 spiro atoms. The molecular formula is C24H20N5O5P. The number of aromatic nitrogens is 3. The van der Waals surface area contributed by atoms with E-state index in [0.29, 0.717) is 39.0 Å². The molecule has 0 unspecified atom stereocenters. The largest absolute Gasteiger partial charge is 0.471 e. The number of fused-ring (bicyclic) bond motifs is 1. The van der Waals surface area contributed by atoms with Crippen LogP contribution in [-0.4, -0.2) is 37.3 Å². The van der Waals surface area contributed by atoms with Crippen molar-refractivity contribution in [3.8, 4) is 28.3 Å². The van der Waals surface area contributed by atoms with Crippen molar-refractivity contribution in [2.75, 3.05) is 11.9 Å². The highest BCUT2D eigenvalue weighted by atomic mass is 31.2. The molecule has 0 saturated carbocycles. The van der Waals surface area contributed by atoms with Gasteiger partial charge in [0, 0.05) is 47.7 Å². The van der Waals surface area contributed by atoms with Gasteiger partial charge < -0.3 is 19.3 Å². The van der Waals surface area contributed by atoms with Crippen molar-refractivity contribution in [3.05, 3.63) is 79.4 Å². The normalized spacial score (nSPS) is 11.3. The molecule has 4 rings (SSSR count). The van der Waals surface area contributed by atoms with Gasteiger partial charge in [-0.2, -0.15) is 5.26 Å². The Morgan fingerprint density at radius 2 is 2.00 bits per heavy atom. The molecule has 35 heavy (non-hydrogen) atoms. The lowest BCUT2D eigenvalue weighted by molar-refractivity contribution is -0.113. The van der Waals surface area contributed by atoms with Crippen LogP contribution in [0.5, 0.6) is 0 Å². The van der Waals surface area contributed by atoms with Crippen LogP contribution in [0.2, 0.25) is 0 Å². The van der Waals surface area contributed by atoms with Gasteiger partial charge in [0.15, 0.2) is 0 Å². The van der Waals surface area contributed by atoms with Gasteiger partial charge in [0.25, 0.3) is 0 Å². The van der Waals surface area contributed by atoms with E-state index in [0.717, 1.165) is 5.56 Å². The minimum absolute atomic E-state index is 0.278. The fraction of sp³-hybridized carbons (Fsp3) is 0.0833. The van der Waals surface area contributed by atoms with Gasteiger partial charge in [0.1, 0.15) is 12.4 Å². The lowest BCUT2D eigenvalue weighted by Gasteiger charge is -2.15. The zero-order valence-corrected chi connectivity index (χ0v) is 19.5. The predicted molar refractivity (Wildman–Crippen MR) is 130 cm³/mol. The SMILES string of the molecule is C=CC(=O)N(C)c1cncc(-c2cnc3c(c2)c(-c2cccc(C#N)c2)cn3COP(=O)(O)O)c1. The second-order valence-electron chi connectivity index (χ2n) is 7.58. The summed E-state index contributed by atoms with van der Waals surface area (Å²) >= 11 is 0. The van der Waals surface area contributed by atoms with Gasteiger partial charge in [-0.1, -0.05) is 18.7 Å². The number of amides is 1.